The molecule has 13 heterocycles. The van der Waals surface area contributed by atoms with Crippen molar-refractivity contribution in [3.05, 3.63) is 325 Å². The van der Waals surface area contributed by atoms with Crippen molar-refractivity contribution < 1.29 is 61.6 Å². The summed E-state index contributed by atoms with van der Waals surface area (Å²) in [4.78, 5) is 132. The molecule has 22 rings (SSSR count). The van der Waals surface area contributed by atoms with E-state index in [-0.39, 0.29) is 48.4 Å². The molecule has 1 aliphatic carbocycles. The average molecular weight is 2120 g/mol. The van der Waals surface area contributed by atoms with Crippen molar-refractivity contribution in [2.45, 2.75) is 109 Å². The van der Waals surface area contributed by atoms with Crippen LogP contribution in [0.25, 0.3) is 65.5 Å². The quantitative estimate of drug-likeness (QED) is 0.0370. The predicted octanol–water partition coefficient (Wildman–Crippen LogP) is 23.1. The van der Waals surface area contributed by atoms with Crippen LogP contribution in [0, 0.1) is 5.92 Å². The summed E-state index contributed by atoms with van der Waals surface area (Å²) in [5.41, 5.74) is 24.8. The molecule has 6 atom stereocenters. The van der Waals surface area contributed by atoms with E-state index in [0.29, 0.717) is 127 Å². The van der Waals surface area contributed by atoms with Gasteiger partial charge in [-0.1, -0.05) is 103 Å². The second kappa shape index (κ2) is 43.6. The Morgan fingerprint density at radius 1 is 0.441 bits per heavy atom. The molecule has 0 bridgehead atoms. The first kappa shape index (κ1) is 98.8. The molecule has 0 spiro atoms. The normalized spacial score (nSPS) is 17.1. The molecule has 16 aromatic rings. The lowest BCUT2D eigenvalue weighted by atomic mass is 9.82. The average Bonchev–Trinajstić information content (AvgIpc) is 1.64. The fourth-order valence-electron chi connectivity index (χ4n) is 20.2. The van der Waals surface area contributed by atoms with Gasteiger partial charge in [-0.05, 0) is 258 Å². The molecule has 8 aromatic carbocycles. The molecule has 0 saturated heterocycles. The molecule has 0 saturated carbocycles. The van der Waals surface area contributed by atoms with Crippen LogP contribution < -0.4 is 31.3 Å². The molecular weight excluding hydrogens is 2010 g/mol. The smallest absolute Gasteiger partial charge is 0.416 e. The van der Waals surface area contributed by atoms with E-state index in [4.69, 9.17) is 73.4 Å². The van der Waals surface area contributed by atoms with Crippen LogP contribution in [0.4, 0.5) is 35.9 Å². The van der Waals surface area contributed by atoms with Crippen LogP contribution in [0.5, 0.6) is 11.5 Å². The van der Waals surface area contributed by atoms with E-state index in [9.17, 15) is 33.6 Å². The molecule has 143 heavy (non-hydrogen) atoms. The van der Waals surface area contributed by atoms with E-state index in [0.717, 1.165) is 158 Å². The third kappa shape index (κ3) is 20.5. The lowest BCUT2D eigenvalue weighted by Crippen LogP contribution is -2.43. The zero-order valence-corrected chi connectivity index (χ0v) is 84.8. The highest BCUT2D eigenvalue weighted by molar-refractivity contribution is 9.10. The summed E-state index contributed by atoms with van der Waals surface area (Å²) < 4.78 is 39.9. The number of rotatable bonds is 14. The van der Waals surface area contributed by atoms with Crippen molar-refractivity contribution in [3.63, 3.8) is 0 Å². The number of hydrogen-bond acceptors (Lipinski definition) is 20. The number of halogens is 5. The minimum absolute atomic E-state index is 0.0407. The number of para-hydroxylation sites is 1. The third-order valence-electron chi connectivity index (χ3n) is 26.7. The van der Waals surface area contributed by atoms with Gasteiger partial charge < -0.3 is 74.1 Å². The topological polar surface area (TPSA) is 385 Å². The first-order chi connectivity index (χ1) is 69.4. The van der Waals surface area contributed by atoms with Gasteiger partial charge in [0.15, 0.2) is 5.43 Å². The Bertz CT molecular complexity index is 7560. The van der Waals surface area contributed by atoms with E-state index in [2.05, 4.69) is 112 Å². The van der Waals surface area contributed by atoms with E-state index < -0.39 is 30.2 Å². The van der Waals surface area contributed by atoms with Crippen LogP contribution in [0.2, 0.25) is 15.1 Å². The third-order valence-corrected chi connectivity index (χ3v) is 28.4. The fourth-order valence-corrected chi connectivity index (χ4v) is 21.5. The number of anilines is 2. The van der Waals surface area contributed by atoms with Gasteiger partial charge in [-0.25, -0.2) is 43.9 Å². The Labute approximate surface area is 854 Å². The number of hydrogen-bond donors (Lipinski definition) is 8. The number of carbonyl (C=O) groups excluding carboxylic acids is 6. The molecule has 6 aliphatic rings. The molecule has 0 radical (unpaired) electrons. The number of ether oxygens (including phenoxy) is 6. The number of nitrogens with one attached hydrogen (secondary N) is 7. The number of carbonyl (C=O) groups is 6. The number of methoxy groups -OCH3 is 1. The number of primary amides is 1. The SMILES string of the molecule is CCOC(=O)N1CCc2c([nH]c3ccc(Br)cc23)C1c1ccc(C(N)=O)cc1.CCOC(=O)N1CCc2c([nH]c3ccc(Cl)cc23)C1C1CC=CCC1.CCOC(=O)N1CCc2c([nH]c3ccc(Cl)cc23)C1c1cnc(NC)nc1.CCOC(=O)N1CCc2c([nH]c3ccc(Cl)cc23)C1c1coc2ccccc2c1=O.CNc1ncc(C2c3[nH]c4ccc(Br)cc4c3CCN2C(=O)Oc2ccc(OC)cc2)cn1. The molecule has 0 fully saturated rings. The summed E-state index contributed by atoms with van der Waals surface area (Å²) in [6.07, 6.45) is 17.9. The molecule has 736 valence electrons. The number of nitrogens with two attached hydrogens (primary N) is 1. The highest BCUT2D eigenvalue weighted by Gasteiger charge is 2.44. The molecule has 8 aromatic heterocycles. The second-order valence-corrected chi connectivity index (χ2v) is 38.0. The molecular formula is C107H104Br2Cl3N17O14. The van der Waals surface area contributed by atoms with E-state index in [1.54, 1.807) is 141 Å². The number of amides is 6. The van der Waals surface area contributed by atoms with Gasteiger partial charge in [-0.3, -0.25) is 34.1 Å². The van der Waals surface area contributed by atoms with Gasteiger partial charge in [0.25, 0.3) is 0 Å². The first-order valence-corrected chi connectivity index (χ1v) is 50.1. The number of aromatic amines is 5. The Morgan fingerprint density at radius 3 is 1.24 bits per heavy atom. The minimum Gasteiger partial charge on any atom is -0.497 e. The maximum absolute atomic E-state index is 13.4. The van der Waals surface area contributed by atoms with Gasteiger partial charge in [-0.2, -0.15) is 0 Å². The van der Waals surface area contributed by atoms with Crippen LogP contribution in [-0.4, -0.2) is 186 Å². The number of benzene rings is 8. The molecule has 5 aliphatic heterocycles. The van der Waals surface area contributed by atoms with Crippen molar-refractivity contribution in [1.29, 1.82) is 0 Å². The maximum Gasteiger partial charge on any atom is 0.416 e. The highest BCUT2D eigenvalue weighted by Crippen LogP contribution is 2.48. The van der Waals surface area contributed by atoms with Gasteiger partial charge in [0, 0.05) is 195 Å². The lowest BCUT2D eigenvalue weighted by Gasteiger charge is -2.40. The molecule has 6 unspecified atom stereocenters. The van der Waals surface area contributed by atoms with Crippen molar-refractivity contribution in [3.8, 4) is 11.5 Å². The number of nitrogens with zero attached hydrogens (tertiary/aromatic N) is 9. The maximum atomic E-state index is 13.4. The number of H-pyrrole nitrogens is 5. The number of fused-ring (bicyclic) bond motifs is 16. The van der Waals surface area contributed by atoms with Crippen molar-refractivity contribution in [1.82, 2.24) is 69.4 Å². The first-order valence-electron chi connectivity index (χ1n) is 47.4. The Balaban J connectivity index is 0.000000118. The van der Waals surface area contributed by atoms with Gasteiger partial charge in [0.2, 0.25) is 17.8 Å². The molecule has 31 nitrogen and oxygen atoms in total. The summed E-state index contributed by atoms with van der Waals surface area (Å²) >= 11 is 25.7. The zero-order chi connectivity index (χ0) is 100.0. The van der Waals surface area contributed by atoms with Crippen molar-refractivity contribution in [2.75, 3.05) is 91.0 Å². The molecule has 36 heteroatoms. The lowest BCUT2D eigenvalue weighted by molar-refractivity contribution is 0.0674. The van der Waals surface area contributed by atoms with Gasteiger partial charge >= 0.3 is 30.5 Å². The molecule has 9 N–H and O–H groups in total. The van der Waals surface area contributed by atoms with Crippen LogP contribution in [0.15, 0.2) is 225 Å². The Kier molecular flexibility index (Phi) is 30.1. The van der Waals surface area contributed by atoms with E-state index in [1.807, 2.05) is 109 Å². The van der Waals surface area contributed by atoms with Crippen LogP contribution in [0.1, 0.15) is 166 Å². The molecule has 6 amide bonds. The Hall–Kier alpha value is -14.4. The number of allylic oxidation sites excluding steroid dienone is 2. The van der Waals surface area contributed by atoms with Crippen LogP contribution in [-0.2, 0) is 51.1 Å². The highest BCUT2D eigenvalue weighted by atomic mass is 79.9. The van der Waals surface area contributed by atoms with E-state index >= 15 is 0 Å². The summed E-state index contributed by atoms with van der Waals surface area (Å²) in [5.74, 6) is 2.13. The van der Waals surface area contributed by atoms with Crippen LogP contribution >= 0.6 is 66.7 Å². The van der Waals surface area contributed by atoms with Crippen molar-refractivity contribution in [2.24, 2.45) is 11.7 Å². The minimum atomic E-state index is -0.639. The largest absolute Gasteiger partial charge is 0.497 e. The van der Waals surface area contributed by atoms with Crippen molar-refractivity contribution >= 4 is 180 Å². The standard InChI is InChI=1S/C24H22BrN5O3.C23H19ClN2O4.C21H20BrN3O3.C20H23ClN2O2.C19H20ClN5O2/c1-26-23-27-12-14(13-28-23)22-21-18(19-11-15(25)3-8-20(19)29-21)9-10-30(22)24(31)33-17-6-4-16(32-2)5-7-17;1-2-29-23(28)26-10-9-14-16-11-13(24)7-8-18(16)25-20(14)21(26)17-12-30-19-6-4-3-5-15(19)22(17)27;1-2-28-21(27)25-10-9-15-16-11-14(22)7-8-17(16)24-18(15)19(25)12-3-5-13(6-4-12)20(23)26;1-2-25-20(24)23-11-10-15-16-12-14(21)8-9-17(16)22-18(15)19(23)13-6-4-3-5-7-13;1-3-27-19(26)25-7-6-13-14-8-12(20)4-5-15(14)24-16(13)17(25)11-9-22-18(21-2)23-10-11/h3-8,11-13,22,29H,9-10H2,1-2H3,(H,26,27,28);3-8,11-12,21,25H,2,9-10H2,1H3;3-8,11,19,24H,2,9-10H2,1H3,(H2,23,26);3-4,8-9,12-13,19,22H,2,5-7,10-11H2,1H3;4-5,8-10,17,24H,3,6-7H2,1-2H3,(H,21,22,23). The fraction of sp³-hybridized carbons (Fsp3) is 0.280. The predicted molar refractivity (Wildman–Crippen MR) is 558 cm³/mol. The summed E-state index contributed by atoms with van der Waals surface area (Å²) in [6.45, 7) is 11.2. The summed E-state index contributed by atoms with van der Waals surface area (Å²) in [6, 6.07) is 49.1. The second-order valence-electron chi connectivity index (χ2n) is 34.9. The Morgan fingerprint density at radius 2 is 0.818 bits per heavy atom. The van der Waals surface area contributed by atoms with Crippen LogP contribution in [0.3, 0.4) is 0 Å². The zero-order valence-electron chi connectivity index (χ0n) is 79.3. The van der Waals surface area contributed by atoms with Gasteiger partial charge in [-0.15, -0.1) is 0 Å². The number of aromatic nitrogens is 9. The van der Waals surface area contributed by atoms with Gasteiger partial charge in [0.05, 0.1) is 50.5 Å². The summed E-state index contributed by atoms with van der Waals surface area (Å²) in [7, 11) is 5.12. The monoisotopic (exact) mass is 2110 g/mol. The van der Waals surface area contributed by atoms with E-state index in [1.165, 1.54) is 28.3 Å². The van der Waals surface area contributed by atoms with Gasteiger partial charge in [0.1, 0.15) is 47.5 Å². The summed E-state index contributed by atoms with van der Waals surface area (Å²) in [5, 5.41) is 13.9.